The molecule has 2 aromatic rings. The molecule has 3 rings (SSSR count). The Morgan fingerprint density at radius 1 is 1.32 bits per heavy atom. The number of carbonyl (C=O) groups excluding carboxylic acids is 1. The zero-order valence-corrected chi connectivity index (χ0v) is 17.6. The summed E-state index contributed by atoms with van der Waals surface area (Å²) in [6.45, 7) is 2.00. The van der Waals surface area contributed by atoms with Gasteiger partial charge >= 0.3 is 0 Å². The lowest BCUT2D eigenvalue weighted by Crippen LogP contribution is -2.15. The number of benzene rings is 1. The molecule has 1 fully saturated rings. The Morgan fingerprint density at radius 3 is 2.80 bits per heavy atom. The third-order valence-electron chi connectivity index (χ3n) is 4.63. The maximum absolute atomic E-state index is 12.3. The molecule has 0 saturated heterocycles. The lowest BCUT2D eigenvalue weighted by molar-refractivity contribution is -0.113. The predicted molar refractivity (Wildman–Crippen MR) is 110 cm³/mol. The highest BCUT2D eigenvalue weighted by molar-refractivity contribution is 14.1. The number of hydrogen-bond acceptors (Lipinski definition) is 4. The van der Waals surface area contributed by atoms with Gasteiger partial charge in [0.05, 0.1) is 5.75 Å². The van der Waals surface area contributed by atoms with Crippen molar-refractivity contribution in [1.29, 1.82) is 0 Å². The van der Waals surface area contributed by atoms with Gasteiger partial charge in [-0.25, -0.2) is 0 Å². The van der Waals surface area contributed by atoms with Gasteiger partial charge in [0.2, 0.25) is 5.91 Å². The number of nitrogens with zero attached hydrogens (tertiary/aromatic N) is 3. The Labute approximate surface area is 166 Å². The average molecular weight is 470 g/mol. The number of carbonyl (C=O) groups is 1. The molecule has 0 radical (unpaired) electrons. The fourth-order valence-corrected chi connectivity index (χ4v) is 4.62. The molecular weight excluding hydrogens is 447 g/mol. The molecule has 0 atom stereocenters. The van der Waals surface area contributed by atoms with E-state index in [4.69, 9.17) is 0 Å². The van der Waals surface area contributed by atoms with E-state index in [2.05, 4.69) is 48.7 Å². The summed E-state index contributed by atoms with van der Waals surface area (Å²) in [7, 11) is 2.01. The summed E-state index contributed by atoms with van der Waals surface area (Å²) in [4.78, 5) is 12.3. The molecule has 1 N–H and O–H groups in total. The van der Waals surface area contributed by atoms with Gasteiger partial charge in [0.15, 0.2) is 5.16 Å². The fraction of sp³-hybridized carbons (Fsp3) is 0.500. The first kappa shape index (κ1) is 18.7. The van der Waals surface area contributed by atoms with E-state index >= 15 is 0 Å². The number of hydrogen-bond donors (Lipinski definition) is 1. The zero-order valence-electron chi connectivity index (χ0n) is 14.6. The van der Waals surface area contributed by atoms with Gasteiger partial charge in [0.25, 0.3) is 0 Å². The first-order valence-electron chi connectivity index (χ1n) is 8.62. The Balaban J connectivity index is 1.58. The van der Waals surface area contributed by atoms with E-state index in [0.29, 0.717) is 11.7 Å². The van der Waals surface area contributed by atoms with Gasteiger partial charge in [0.1, 0.15) is 5.82 Å². The Hall–Kier alpha value is -1.09. The average Bonchev–Trinajstić information content (AvgIpc) is 2.97. The third-order valence-corrected chi connectivity index (χ3v) is 6.33. The number of rotatable bonds is 5. The van der Waals surface area contributed by atoms with E-state index in [9.17, 15) is 4.79 Å². The standard InChI is InChI=1S/C18H23IN4OS/c1-12-10-14(19)8-9-15(12)20-16(24)11-25-18-22-21-17(23(18)2)13-6-4-3-5-7-13/h8-10,13H,3-7,11H2,1-2H3,(H,20,24). The molecule has 0 bridgehead atoms. The minimum Gasteiger partial charge on any atom is -0.325 e. The second-order valence-corrected chi connectivity index (χ2v) is 8.72. The summed E-state index contributed by atoms with van der Waals surface area (Å²) in [6, 6.07) is 6.00. The van der Waals surface area contributed by atoms with Crippen LogP contribution in [-0.2, 0) is 11.8 Å². The molecule has 0 spiro atoms. The molecule has 134 valence electrons. The predicted octanol–water partition coefficient (Wildman–Crippen LogP) is 4.51. The molecule has 1 heterocycles. The number of aryl methyl sites for hydroxylation is 1. The third kappa shape index (κ3) is 4.75. The molecule has 1 saturated carbocycles. The summed E-state index contributed by atoms with van der Waals surface area (Å²) >= 11 is 3.71. The van der Waals surface area contributed by atoms with Crippen LogP contribution in [0.3, 0.4) is 0 Å². The maximum Gasteiger partial charge on any atom is 0.234 e. The maximum atomic E-state index is 12.3. The van der Waals surface area contributed by atoms with Gasteiger partial charge < -0.3 is 9.88 Å². The van der Waals surface area contributed by atoms with Gasteiger partial charge in [-0.15, -0.1) is 10.2 Å². The monoisotopic (exact) mass is 470 g/mol. The lowest BCUT2D eigenvalue weighted by atomic mass is 9.89. The van der Waals surface area contributed by atoms with Gasteiger partial charge in [-0.2, -0.15) is 0 Å². The number of anilines is 1. The van der Waals surface area contributed by atoms with Crippen LogP contribution in [0.1, 0.15) is 49.4 Å². The normalized spacial score (nSPS) is 15.3. The Kier molecular flexibility index (Phi) is 6.38. The summed E-state index contributed by atoms with van der Waals surface area (Å²) in [5, 5.41) is 12.5. The highest BCUT2D eigenvalue weighted by Gasteiger charge is 2.22. The second-order valence-electron chi connectivity index (χ2n) is 6.53. The quantitative estimate of drug-likeness (QED) is 0.516. The summed E-state index contributed by atoms with van der Waals surface area (Å²) in [6.07, 6.45) is 6.27. The van der Waals surface area contributed by atoms with Gasteiger partial charge in [0, 0.05) is 22.2 Å². The highest BCUT2D eigenvalue weighted by Crippen LogP contribution is 2.32. The first-order valence-corrected chi connectivity index (χ1v) is 10.7. The van der Waals surface area contributed by atoms with E-state index in [0.717, 1.165) is 25.8 Å². The van der Waals surface area contributed by atoms with Crippen molar-refractivity contribution >= 4 is 45.9 Å². The summed E-state index contributed by atoms with van der Waals surface area (Å²) < 4.78 is 3.22. The number of aromatic nitrogens is 3. The van der Waals surface area contributed by atoms with E-state index in [-0.39, 0.29) is 5.91 Å². The van der Waals surface area contributed by atoms with E-state index in [1.54, 1.807) is 0 Å². The highest BCUT2D eigenvalue weighted by atomic mass is 127. The Morgan fingerprint density at radius 2 is 2.08 bits per heavy atom. The van der Waals surface area contributed by atoms with Crippen LogP contribution in [-0.4, -0.2) is 26.4 Å². The molecule has 1 aliphatic carbocycles. The minimum atomic E-state index is -0.0171. The van der Waals surface area contributed by atoms with Crippen LogP contribution >= 0.6 is 34.4 Å². The van der Waals surface area contributed by atoms with Crippen LogP contribution in [0.25, 0.3) is 0 Å². The van der Waals surface area contributed by atoms with Crippen molar-refractivity contribution in [1.82, 2.24) is 14.8 Å². The van der Waals surface area contributed by atoms with Crippen molar-refractivity contribution in [3.8, 4) is 0 Å². The van der Waals surface area contributed by atoms with Gasteiger partial charge in [-0.3, -0.25) is 4.79 Å². The Bertz CT molecular complexity index is 756. The minimum absolute atomic E-state index is 0.0171. The van der Waals surface area contributed by atoms with Crippen LogP contribution in [0.15, 0.2) is 23.4 Å². The van der Waals surface area contributed by atoms with Crippen LogP contribution in [0.2, 0.25) is 0 Å². The largest absolute Gasteiger partial charge is 0.325 e. The van der Waals surface area contributed by atoms with Crippen molar-refractivity contribution in [2.75, 3.05) is 11.1 Å². The smallest absolute Gasteiger partial charge is 0.234 e. The fourth-order valence-electron chi connectivity index (χ4n) is 3.25. The van der Waals surface area contributed by atoms with Crippen LogP contribution < -0.4 is 5.32 Å². The molecule has 1 aromatic carbocycles. The summed E-state index contributed by atoms with van der Waals surface area (Å²) in [5.41, 5.74) is 1.94. The van der Waals surface area contributed by atoms with E-state index < -0.39 is 0 Å². The molecule has 7 heteroatoms. The van der Waals surface area contributed by atoms with E-state index in [1.807, 2.05) is 26.1 Å². The van der Waals surface area contributed by atoms with E-state index in [1.165, 1.54) is 43.9 Å². The zero-order chi connectivity index (χ0) is 17.8. The van der Waals surface area contributed by atoms with Crippen molar-refractivity contribution in [2.45, 2.75) is 50.1 Å². The van der Waals surface area contributed by atoms with Gasteiger partial charge in [-0.1, -0.05) is 31.0 Å². The van der Waals surface area contributed by atoms with Crippen LogP contribution in [0.5, 0.6) is 0 Å². The van der Waals surface area contributed by atoms with Crippen LogP contribution in [0, 0.1) is 10.5 Å². The number of halogens is 1. The molecule has 1 aliphatic rings. The van der Waals surface area contributed by atoms with Crippen molar-refractivity contribution in [3.63, 3.8) is 0 Å². The molecule has 1 amide bonds. The van der Waals surface area contributed by atoms with Gasteiger partial charge in [-0.05, 0) is 66.1 Å². The summed E-state index contributed by atoms with van der Waals surface area (Å²) in [5.74, 6) is 1.90. The molecule has 25 heavy (non-hydrogen) atoms. The van der Waals surface area contributed by atoms with Crippen molar-refractivity contribution in [3.05, 3.63) is 33.2 Å². The SMILES string of the molecule is Cc1cc(I)ccc1NC(=O)CSc1nnc(C2CCCCC2)n1C. The molecule has 5 nitrogen and oxygen atoms in total. The molecule has 0 aliphatic heterocycles. The number of nitrogens with one attached hydrogen (secondary N) is 1. The van der Waals surface area contributed by atoms with Crippen LogP contribution in [0.4, 0.5) is 5.69 Å². The second kappa shape index (κ2) is 8.53. The van der Waals surface area contributed by atoms with Crippen molar-refractivity contribution in [2.24, 2.45) is 7.05 Å². The topological polar surface area (TPSA) is 59.8 Å². The molecular formula is C18H23IN4OS. The molecule has 1 aromatic heterocycles. The number of thioether (sulfide) groups is 1. The number of amides is 1. The first-order chi connectivity index (χ1) is 12.0. The lowest BCUT2D eigenvalue weighted by Gasteiger charge is -2.20. The molecule has 0 unspecified atom stereocenters. The van der Waals surface area contributed by atoms with Crippen molar-refractivity contribution < 1.29 is 4.79 Å².